The average molecular weight is 374 g/mol. The van der Waals surface area contributed by atoms with Crippen LogP contribution in [0.2, 0.25) is 0 Å². The summed E-state index contributed by atoms with van der Waals surface area (Å²) < 4.78 is 7.88. The molecule has 0 radical (unpaired) electrons. The summed E-state index contributed by atoms with van der Waals surface area (Å²) in [5.41, 5.74) is 7.87. The van der Waals surface area contributed by atoms with Crippen LogP contribution in [0.3, 0.4) is 0 Å². The minimum Gasteiger partial charge on any atom is -0.493 e. The third-order valence-electron chi connectivity index (χ3n) is 6.36. The van der Waals surface area contributed by atoms with Crippen molar-refractivity contribution in [3.63, 3.8) is 0 Å². The van der Waals surface area contributed by atoms with Gasteiger partial charge < -0.3 is 4.74 Å². The van der Waals surface area contributed by atoms with Crippen molar-refractivity contribution in [2.45, 2.75) is 32.2 Å². The number of benzene rings is 2. The second kappa shape index (κ2) is 7.10. The first kappa shape index (κ1) is 17.5. The Bertz CT molecular complexity index is 993. The average Bonchev–Trinajstić information content (AvgIpc) is 3.25. The lowest BCUT2D eigenvalue weighted by atomic mass is 10.0. The Kier molecular flexibility index (Phi) is 4.44. The summed E-state index contributed by atoms with van der Waals surface area (Å²) in [7, 11) is 2.09. The van der Waals surface area contributed by atoms with Crippen LogP contribution in [0.4, 0.5) is 0 Å². The van der Waals surface area contributed by atoms with E-state index >= 15 is 0 Å². The zero-order chi connectivity index (χ0) is 19.1. The summed E-state index contributed by atoms with van der Waals surface area (Å²) in [4.78, 5) is 2.60. The third-order valence-corrected chi connectivity index (χ3v) is 6.36. The highest BCUT2D eigenvalue weighted by Crippen LogP contribution is 2.33. The number of aryl methyl sites for hydroxylation is 1. The minimum absolute atomic E-state index is 0.386. The molecule has 1 atom stereocenters. The van der Waals surface area contributed by atoms with Crippen LogP contribution >= 0.6 is 0 Å². The SMILES string of the molecule is CC(c1ccc2c(c1)OCC2)N1CCc2c(-c3ccccc3)nn(C)c2CC1. The number of ether oxygens (including phenoxy) is 1. The zero-order valence-electron chi connectivity index (χ0n) is 16.7. The second-order valence-corrected chi connectivity index (χ2v) is 7.94. The Morgan fingerprint density at radius 1 is 1.00 bits per heavy atom. The number of fused-ring (bicyclic) bond motifs is 2. The van der Waals surface area contributed by atoms with Crippen molar-refractivity contribution in [2.24, 2.45) is 7.05 Å². The number of rotatable bonds is 3. The van der Waals surface area contributed by atoms with Crippen LogP contribution in [0.25, 0.3) is 11.3 Å². The van der Waals surface area contributed by atoms with Gasteiger partial charge in [0.25, 0.3) is 0 Å². The number of hydrogen-bond donors (Lipinski definition) is 0. The Labute approximate surface area is 166 Å². The fraction of sp³-hybridized carbons (Fsp3) is 0.375. The van der Waals surface area contributed by atoms with E-state index in [1.54, 1.807) is 0 Å². The summed E-state index contributed by atoms with van der Waals surface area (Å²) >= 11 is 0. The van der Waals surface area contributed by atoms with Crippen molar-refractivity contribution >= 4 is 0 Å². The molecule has 0 fully saturated rings. The molecule has 4 nitrogen and oxygen atoms in total. The van der Waals surface area contributed by atoms with Gasteiger partial charge in [0.2, 0.25) is 0 Å². The molecule has 2 aliphatic heterocycles. The number of hydrogen-bond acceptors (Lipinski definition) is 3. The van der Waals surface area contributed by atoms with Crippen LogP contribution in [0.5, 0.6) is 5.75 Å². The molecule has 0 amide bonds. The van der Waals surface area contributed by atoms with E-state index in [0.717, 1.165) is 50.4 Å². The molecule has 4 heteroatoms. The lowest BCUT2D eigenvalue weighted by Gasteiger charge is -2.28. The molecule has 1 unspecified atom stereocenters. The highest BCUT2D eigenvalue weighted by atomic mass is 16.5. The number of aromatic nitrogens is 2. The Morgan fingerprint density at radius 2 is 1.82 bits per heavy atom. The minimum atomic E-state index is 0.386. The molecule has 3 heterocycles. The molecular weight excluding hydrogens is 346 g/mol. The van der Waals surface area contributed by atoms with Gasteiger partial charge in [0.05, 0.1) is 12.3 Å². The van der Waals surface area contributed by atoms with Crippen LogP contribution in [0, 0.1) is 0 Å². The molecule has 0 bridgehead atoms. The normalized spacial score (nSPS) is 17.5. The van der Waals surface area contributed by atoms with Crippen molar-refractivity contribution in [1.29, 1.82) is 0 Å². The van der Waals surface area contributed by atoms with Crippen molar-refractivity contribution in [3.8, 4) is 17.0 Å². The first-order valence-electron chi connectivity index (χ1n) is 10.3. The summed E-state index contributed by atoms with van der Waals surface area (Å²) in [6.45, 7) is 5.25. The van der Waals surface area contributed by atoms with Gasteiger partial charge in [0.1, 0.15) is 5.75 Å². The van der Waals surface area contributed by atoms with Gasteiger partial charge >= 0.3 is 0 Å². The fourth-order valence-electron chi connectivity index (χ4n) is 4.66. The predicted molar refractivity (Wildman–Crippen MR) is 112 cm³/mol. The van der Waals surface area contributed by atoms with E-state index in [1.807, 2.05) is 0 Å². The van der Waals surface area contributed by atoms with E-state index in [4.69, 9.17) is 9.84 Å². The topological polar surface area (TPSA) is 30.3 Å². The van der Waals surface area contributed by atoms with Gasteiger partial charge in [-0.2, -0.15) is 5.10 Å². The van der Waals surface area contributed by atoms with E-state index < -0.39 is 0 Å². The van der Waals surface area contributed by atoms with Crippen molar-refractivity contribution in [3.05, 3.63) is 70.9 Å². The van der Waals surface area contributed by atoms with Gasteiger partial charge in [-0.3, -0.25) is 9.58 Å². The second-order valence-electron chi connectivity index (χ2n) is 7.94. The van der Waals surface area contributed by atoms with Gasteiger partial charge in [0.15, 0.2) is 0 Å². The molecule has 0 saturated carbocycles. The lowest BCUT2D eigenvalue weighted by Crippen LogP contribution is -2.30. The maximum absolute atomic E-state index is 5.79. The van der Waals surface area contributed by atoms with E-state index in [1.165, 1.54) is 27.9 Å². The van der Waals surface area contributed by atoms with Gasteiger partial charge in [-0.1, -0.05) is 42.5 Å². The number of nitrogens with zero attached hydrogens (tertiary/aromatic N) is 3. The lowest BCUT2D eigenvalue weighted by molar-refractivity contribution is 0.219. The molecule has 2 aliphatic rings. The maximum atomic E-state index is 5.79. The highest BCUT2D eigenvalue weighted by molar-refractivity contribution is 5.64. The smallest absolute Gasteiger partial charge is 0.122 e. The monoisotopic (exact) mass is 373 g/mol. The van der Waals surface area contributed by atoms with E-state index in [0.29, 0.717) is 6.04 Å². The third kappa shape index (κ3) is 3.02. The van der Waals surface area contributed by atoms with Crippen molar-refractivity contribution < 1.29 is 4.74 Å². The molecule has 2 aromatic carbocycles. The summed E-state index contributed by atoms with van der Waals surface area (Å²) in [5, 5.41) is 4.85. The Balaban J connectivity index is 1.39. The summed E-state index contributed by atoms with van der Waals surface area (Å²) in [6, 6.07) is 17.8. The van der Waals surface area contributed by atoms with E-state index in [2.05, 4.69) is 72.1 Å². The van der Waals surface area contributed by atoms with Gasteiger partial charge in [-0.25, -0.2) is 0 Å². The van der Waals surface area contributed by atoms with Crippen LogP contribution in [-0.2, 0) is 26.3 Å². The largest absolute Gasteiger partial charge is 0.493 e. The zero-order valence-corrected chi connectivity index (χ0v) is 16.7. The van der Waals surface area contributed by atoms with E-state index in [9.17, 15) is 0 Å². The molecule has 0 spiro atoms. The van der Waals surface area contributed by atoms with Gasteiger partial charge in [-0.15, -0.1) is 0 Å². The molecule has 5 rings (SSSR count). The van der Waals surface area contributed by atoms with Crippen molar-refractivity contribution in [2.75, 3.05) is 19.7 Å². The molecule has 1 aromatic heterocycles. The molecule has 0 aliphatic carbocycles. The van der Waals surface area contributed by atoms with Crippen LogP contribution in [0.1, 0.15) is 35.3 Å². The summed E-state index contributed by atoms with van der Waals surface area (Å²) in [5.74, 6) is 1.08. The van der Waals surface area contributed by atoms with E-state index in [-0.39, 0.29) is 0 Å². The summed E-state index contributed by atoms with van der Waals surface area (Å²) in [6.07, 6.45) is 3.12. The molecule has 144 valence electrons. The Morgan fingerprint density at radius 3 is 2.68 bits per heavy atom. The molecule has 0 N–H and O–H groups in total. The molecule has 3 aromatic rings. The van der Waals surface area contributed by atoms with Gasteiger partial charge in [0, 0.05) is 55.8 Å². The highest BCUT2D eigenvalue weighted by Gasteiger charge is 2.25. The fourth-order valence-corrected chi connectivity index (χ4v) is 4.66. The standard InChI is InChI=1S/C24H27N3O/c1-17(20-9-8-18-12-15-28-23(18)16-20)27-13-10-21-22(11-14-27)26(2)25-24(21)19-6-4-3-5-7-19/h3-9,16-17H,10-15H2,1-2H3. The van der Waals surface area contributed by atoms with Crippen LogP contribution in [-0.4, -0.2) is 34.4 Å². The molecule has 0 saturated heterocycles. The molecule has 28 heavy (non-hydrogen) atoms. The Hall–Kier alpha value is -2.59. The first-order chi connectivity index (χ1) is 13.7. The molecular formula is C24H27N3O. The quantitative estimate of drug-likeness (QED) is 0.690. The van der Waals surface area contributed by atoms with Gasteiger partial charge in [-0.05, 0) is 30.5 Å². The predicted octanol–water partition coefficient (Wildman–Crippen LogP) is 4.18. The van der Waals surface area contributed by atoms with Crippen LogP contribution < -0.4 is 4.74 Å². The first-order valence-corrected chi connectivity index (χ1v) is 10.3. The van der Waals surface area contributed by atoms with Crippen LogP contribution in [0.15, 0.2) is 48.5 Å². The van der Waals surface area contributed by atoms with Crippen molar-refractivity contribution in [1.82, 2.24) is 14.7 Å². The maximum Gasteiger partial charge on any atom is 0.122 e.